The first-order valence-corrected chi connectivity index (χ1v) is 6.38. The maximum Gasteiger partial charge on any atom is 0.329 e. The second kappa shape index (κ2) is 4.55. The molecule has 0 amide bonds. The third-order valence-corrected chi connectivity index (χ3v) is 3.94. The van der Waals surface area contributed by atoms with E-state index in [-0.39, 0.29) is 28.3 Å². The lowest BCUT2D eigenvalue weighted by Crippen LogP contribution is -2.56. The molecule has 1 fully saturated rings. The molecule has 2 rings (SSSR count). The minimum absolute atomic E-state index is 0.0692. The van der Waals surface area contributed by atoms with Gasteiger partial charge >= 0.3 is 5.69 Å². The third kappa shape index (κ3) is 2.01. The van der Waals surface area contributed by atoms with Gasteiger partial charge in [-0.3, -0.25) is 14.3 Å². The number of H-pyrrole nitrogens is 1. The summed E-state index contributed by atoms with van der Waals surface area (Å²) in [7, 11) is 0. The summed E-state index contributed by atoms with van der Waals surface area (Å²) >= 11 is 5.64. The Labute approximate surface area is 110 Å². The van der Waals surface area contributed by atoms with Gasteiger partial charge in [-0.05, 0) is 13.3 Å². The quantitative estimate of drug-likeness (QED) is 0.850. The molecule has 1 aromatic rings. The summed E-state index contributed by atoms with van der Waals surface area (Å²) in [5, 5.41) is 0.0692. The first-order chi connectivity index (χ1) is 8.37. The molecule has 0 aromatic carbocycles. The molecular weight excluding hydrogens is 256 g/mol. The van der Waals surface area contributed by atoms with Crippen molar-refractivity contribution >= 4 is 11.6 Å². The van der Waals surface area contributed by atoms with Crippen molar-refractivity contribution in [3.8, 4) is 0 Å². The summed E-state index contributed by atoms with van der Waals surface area (Å²) in [6.45, 7) is 6.57. The lowest BCUT2D eigenvalue weighted by atomic mass is 9.64. The van der Waals surface area contributed by atoms with Gasteiger partial charge in [-0.2, -0.15) is 0 Å². The zero-order valence-corrected chi connectivity index (χ0v) is 11.5. The molecule has 0 radical (unpaired) electrons. The van der Waals surface area contributed by atoms with Crippen molar-refractivity contribution in [3.63, 3.8) is 0 Å². The van der Waals surface area contributed by atoms with Gasteiger partial charge in [0.05, 0.1) is 12.1 Å². The molecule has 5 nitrogen and oxygen atoms in total. The Kier molecular flexibility index (Phi) is 3.38. The van der Waals surface area contributed by atoms with Crippen LogP contribution in [0.25, 0.3) is 0 Å². The molecule has 2 atom stereocenters. The molecule has 1 aromatic heterocycles. The summed E-state index contributed by atoms with van der Waals surface area (Å²) < 4.78 is 6.83. The molecule has 1 N–H and O–H groups in total. The average Bonchev–Trinajstić information content (AvgIpc) is 2.25. The highest BCUT2D eigenvalue weighted by Gasteiger charge is 2.50. The Morgan fingerprint density at radius 1 is 1.56 bits per heavy atom. The molecule has 1 aliphatic carbocycles. The summed E-state index contributed by atoms with van der Waals surface area (Å²) in [6, 6.07) is 1.08. The predicted octanol–water partition coefficient (Wildman–Crippen LogP) is 1.57. The van der Waals surface area contributed by atoms with E-state index in [0.717, 1.165) is 0 Å². The van der Waals surface area contributed by atoms with E-state index >= 15 is 0 Å². The van der Waals surface area contributed by atoms with Gasteiger partial charge in [0.2, 0.25) is 0 Å². The first kappa shape index (κ1) is 13.4. The van der Waals surface area contributed by atoms with E-state index in [1.54, 1.807) is 0 Å². The van der Waals surface area contributed by atoms with Crippen LogP contribution < -0.4 is 11.2 Å². The monoisotopic (exact) mass is 272 g/mol. The largest absolute Gasteiger partial charge is 0.378 e. The third-order valence-electron chi connectivity index (χ3n) is 3.74. The Morgan fingerprint density at radius 3 is 2.72 bits per heavy atom. The van der Waals surface area contributed by atoms with E-state index in [0.29, 0.717) is 13.0 Å². The van der Waals surface area contributed by atoms with Gasteiger partial charge in [0.15, 0.2) is 0 Å². The van der Waals surface area contributed by atoms with Gasteiger partial charge in [-0.1, -0.05) is 25.4 Å². The fourth-order valence-corrected chi connectivity index (χ4v) is 2.73. The van der Waals surface area contributed by atoms with E-state index < -0.39 is 5.69 Å². The molecule has 2 unspecified atom stereocenters. The fraction of sp³-hybridized carbons (Fsp3) is 0.667. The summed E-state index contributed by atoms with van der Waals surface area (Å²) in [5.41, 5.74) is -1.06. The van der Waals surface area contributed by atoms with E-state index in [1.807, 2.05) is 20.8 Å². The van der Waals surface area contributed by atoms with Crippen molar-refractivity contribution in [3.05, 3.63) is 32.1 Å². The highest BCUT2D eigenvalue weighted by molar-refractivity contribution is 6.29. The van der Waals surface area contributed by atoms with Crippen LogP contribution in [0.15, 0.2) is 15.7 Å². The SMILES string of the molecule is CCOC1CC(n2c(=O)cc(Cl)[nH]c2=O)C1(C)C. The van der Waals surface area contributed by atoms with Gasteiger partial charge in [-0.15, -0.1) is 0 Å². The topological polar surface area (TPSA) is 64.1 Å². The minimum Gasteiger partial charge on any atom is -0.378 e. The Bertz CT molecular complexity index is 530. The van der Waals surface area contributed by atoms with Crippen LogP contribution in [0.1, 0.15) is 33.2 Å². The van der Waals surface area contributed by atoms with Crippen LogP contribution in [-0.4, -0.2) is 22.3 Å². The van der Waals surface area contributed by atoms with E-state index in [1.165, 1.54) is 10.6 Å². The van der Waals surface area contributed by atoms with E-state index in [9.17, 15) is 9.59 Å². The van der Waals surface area contributed by atoms with Crippen molar-refractivity contribution in [2.24, 2.45) is 5.41 Å². The zero-order valence-electron chi connectivity index (χ0n) is 10.7. The smallest absolute Gasteiger partial charge is 0.329 e. The highest BCUT2D eigenvalue weighted by Crippen LogP contribution is 2.50. The highest BCUT2D eigenvalue weighted by atomic mass is 35.5. The number of nitrogens with zero attached hydrogens (tertiary/aromatic N) is 1. The van der Waals surface area contributed by atoms with Crippen LogP contribution in [0.4, 0.5) is 0 Å². The van der Waals surface area contributed by atoms with Crippen LogP contribution in [0.5, 0.6) is 0 Å². The average molecular weight is 273 g/mol. The number of hydrogen-bond acceptors (Lipinski definition) is 3. The van der Waals surface area contributed by atoms with Gasteiger partial charge in [-0.25, -0.2) is 4.79 Å². The minimum atomic E-state index is -0.458. The molecule has 0 spiro atoms. The lowest BCUT2D eigenvalue weighted by Gasteiger charge is -2.51. The van der Waals surface area contributed by atoms with Crippen LogP contribution in [-0.2, 0) is 4.74 Å². The Hall–Kier alpha value is -1.07. The maximum atomic E-state index is 11.9. The molecule has 0 bridgehead atoms. The molecular formula is C12H17ClN2O3. The van der Waals surface area contributed by atoms with Gasteiger partial charge in [0.1, 0.15) is 5.15 Å². The van der Waals surface area contributed by atoms with Gasteiger partial charge < -0.3 is 4.74 Å². The lowest BCUT2D eigenvalue weighted by molar-refractivity contribution is -0.129. The van der Waals surface area contributed by atoms with Crippen LogP contribution in [0, 0.1) is 5.41 Å². The number of aromatic amines is 1. The van der Waals surface area contributed by atoms with E-state index in [2.05, 4.69) is 4.98 Å². The summed E-state index contributed by atoms with van der Waals surface area (Å²) in [5.74, 6) is 0. The second-order valence-corrected chi connectivity index (χ2v) is 5.55. The van der Waals surface area contributed by atoms with Crippen molar-refractivity contribution in [2.45, 2.75) is 39.3 Å². The Balaban J connectivity index is 2.36. The van der Waals surface area contributed by atoms with Crippen LogP contribution >= 0.6 is 11.6 Å². The second-order valence-electron chi connectivity index (χ2n) is 5.15. The Morgan fingerprint density at radius 2 is 2.22 bits per heavy atom. The molecule has 0 saturated heterocycles. The predicted molar refractivity (Wildman–Crippen MR) is 69.2 cm³/mol. The fourth-order valence-electron chi connectivity index (χ4n) is 2.56. The number of nitrogens with one attached hydrogen (secondary N) is 1. The van der Waals surface area contributed by atoms with Crippen LogP contribution in [0.3, 0.4) is 0 Å². The molecule has 1 saturated carbocycles. The molecule has 0 aliphatic heterocycles. The molecule has 6 heteroatoms. The number of halogens is 1. The van der Waals surface area contributed by atoms with Crippen molar-refractivity contribution in [2.75, 3.05) is 6.61 Å². The summed E-state index contributed by atoms with van der Waals surface area (Å²) in [4.78, 5) is 26.1. The molecule has 1 heterocycles. The van der Waals surface area contributed by atoms with Gasteiger partial charge in [0.25, 0.3) is 5.56 Å². The first-order valence-electron chi connectivity index (χ1n) is 6.01. The summed E-state index contributed by atoms with van der Waals surface area (Å²) in [6.07, 6.45) is 0.750. The number of aromatic nitrogens is 2. The standard InChI is InChI=1S/C12H17ClN2O3/c1-4-18-8-5-7(12(8,2)3)15-10(16)6-9(13)14-11(15)17/h6-8H,4-5H2,1-3H3,(H,14,17). The molecule has 18 heavy (non-hydrogen) atoms. The normalized spacial score (nSPS) is 25.8. The van der Waals surface area contributed by atoms with Crippen molar-refractivity contribution in [1.82, 2.24) is 9.55 Å². The van der Waals surface area contributed by atoms with Gasteiger partial charge in [0, 0.05) is 18.1 Å². The number of ether oxygens (including phenoxy) is 1. The molecule has 100 valence electrons. The van der Waals surface area contributed by atoms with E-state index in [4.69, 9.17) is 16.3 Å². The van der Waals surface area contributed by atoms with Crippen molar-refractivity contribution in [1.29, 1.82) is 0 Å². The number of rotatable bonds is 3. The van der Waals surface area contributed by atoms with Crippen LogP contribution in [0.2, 0.25) is 5.15 Å². The van der Waals surface area contributed by atoms with Crippen molar-refractivity contribution < 1.29 is 4.74 Å². The maximum absolute atomic E-state index is 11.9. The zero-order chi connectivity index (χ0) is 13.5. The number of hydrogen-bond donors (Lipinski definition) is 1. The molecule has 1 aliphatic rings.